The van der Waals surface area contributed by atoms with Gasteiger partial charge in [-0.3, -0.25) is 0 Å². The van der Waals surface area contributed by atoms with E-state index < -0.39 is 0 Å². The number of aryl methyl sites for hydroxylation is 2. The molecule has 0 radical (unpaired) electrons. The van der Waals surface area contributed by atoms with Crippen molar-refractivity contribution in [1.29, 1.82) is 0 Å². The average molecular weight is 265 g/mol. The van der Waals surface area contributed by atoms with Gasteiger partial charge in [0.1, 0.15) is 11.3 Å². The van der Waals surface area contributed by atoms with Gasteiger partial charge in [-0.1, -0.05) is 30.3 Å². The number of rotatable bonds is 3. The van der Waals surface area contributed by atoms with Crippen LogP contribution >= 0.6 is 0 Å². The number of hydrogen-bond donors (Lipinski definition) is 1. The molecule has 1 aromatic heterocycles. The number of fused-ring (bicyclic) bond motifs is 1. The molecule has 1 heterocycles. The summed E-state index contributed by atoms with van der Waals surface area (Å²) >= 11 is 0. The summed E-state index contributed by atoms with van der Waals surface area (Å²) in [4.78, 5) is 0. The summed E-state index contributed by atoms with van der Waals surface area (Å²) in [5, 5.41) is 4.73. The van der Waals surface area contributed by atoms with Crippen molar-refractivity contribution in [2.24, 2.45) is 0 Å². The molecule has 2 nitrogen and oxygen atoms in total. The van der Waals surface area contributed by atoms with E-state index in [0.717, 1.165) is 17.9 Å². The average Bonchev–Trinajstić information content (AvgIpc) is 2.76. The number of nitrogens with one attached hydrogen (secondary N) is 1. The second kappa shape index (κ2) is 5.04. The molecule has 2 aromatic carbocycles. The van der Waals surface area contributed by atoms with Gasteiger partial charge in [0, 0.05) is 23.2 Å². The zero-order valence-electron chi connectivity index (χ0n) is 12.2. The maximum absolute atomic E-state index is 5.80. The third kappa shape index (κ3) is 2.18. The first-order valence-corrected chi connectivity index (χ1v) is 6.94. The van der Waals surface area contributed by atoms with Crippen molar-refractivity contribution < 1.29 is 4.42 Å². The molecule has 2 heteroatoms. The van der Waals surface area contributed by atoms with E-state index in [9.17, 15) is 0 Å². The first-order valence-electron chi connectivity index (χ1n) is 6.94. The van der Waals surface area contributed by atoms with Crippen LogP contribution in [0.25, 0.3) is 11.0 Å². The van der Waals surface area contributed by atoms with E-state index >= 15 is 0 Å². The van der Waals surface area contributed by atoms with Gasteiger partial charge in [-0.05, 0) is 44.0 Å². The zero-order valence-corrected chi connectivity index (χ0v) is 12.2. The van der Waals surface area contributed by atoms with Gasteiger partial charge >= 0.3 is 0 Å². The van der Waals surface area contributed by atoms with Gasteiger partial charge in [-0.2, -0.15) is 0 Å². The minimum absolute atomic E-state index is 0.785. The molecule has 0 amide bonds. The van der Waals surface area contributed by atoms with E-state index in [2.05, 4.69) is 49.5 Å². The molecule has 0 saturated carbocycles. The van der Waals surface area contributed by atoms with Crippen LogP contribution in [-0.2, 0) is 6.54 Å². The fourth-order valence-electron chi connectivity index (χ4n) is 2.57. The smallest absolute Gasteiger partial charge is 0.134 e. The van der Waals surface area contributed by atoms with Crippen LogP contribution < -0.4 is 5.32 Å². The normalized spacial score (nSPS) is 10.9. The zero-order chi connectivity index (χ0) is 14.1. The molecule has 102 valence electrons. The highest BCUT2D eigenvalue weighted by molar-refractivity contribution is 5.82. The molecule has 0 fully saturated rings. The molecule has 0 unspecified atom stereocenters. The molecule has 0 aliphatic carbocycles. The molecule has 0 atom stereocenters. The summed E-state index contributed by atoms with van der Waals surface area (Å²) in [5.41, 5.74) is 6.00. The van der Waals surface area contributed by atoms with Crippen LogP contribution in [0.4, 0.5) is 5.69 Å². The van der Waals surface area contributed by atoms with Crippen molar-refractivity contribution in [2.45, 2.75) is 27.3 Å². The third-order valence-corrected chi connectivity index (χ3v) is 3.96. The molecule has 0 saturated heterocycles. The van der Waals surface area contributed by atoms with Crippen molar-refractivity contribution in [2.75, 3.05) is 5.32 Å². The summed E-state index contributed by atoms with van der Waals surface area (Å²) in [6, 6.07) is 14.5. The number of furan rings is 1. The van der Waals surface area contributed by atoms with E-state index in [1.807, 2.05) is 19.1 Å². The SMILES string of the molecule is Cc1cccc(NCc2c(C)oc3ccccc23)c1C. The van der Waals surface area contributed by atoms with Gasteiger partial charge in [0.2, 0.25) is 0 Å². The second-order valence-corrected chi connectivity index (χ2v) is 5.23. The Bertz CT molecular complexity index is 755. The number of benzene rings is 2. The lowest BCUT2D eigenvalue weighted by molar-refractivity contribution is 0.573. The van der Waals surface area contributed by atoms with Crippen LogP contribution in [0.15, 0.2) is 46.9 Å². The highest BCUT2D eigenvalue weighted by Crippen LogP contribution is 2.27. The van der Waals surface area contributed by atoms with Crippen LogP contribution in [0, 0.1) is 20.8 Å². The maximum Gasteiger partial charge on any atom is 0.134 e. The Labute approximate surface area is 119 Å². The molecular weight excluding hydrogens is 246 g/mol. The maximum atomic E-state index is 5.80. The lowest BCUT2D eigenvalue weighted by Gasteiger charge is -2.11. The topological polar surface area (TPSA) is 25.2 Å². The molecule has 3 aromatic rings. The Morgan fingerprint density at radius 2 is 1.75 bits per heavy atom. The molecular formula is C18H19NO. The monoisotopic (exact) mass is 265 g/mol. The van der Waals surface area contributed by atoms with Crippen LogP contribution in [0.2, 0.25) is 0 Å². The van der Waals surface area contributed by atoms with Gasteiger partial charge in [-0.25, -0.2) is 0 Å². The van der Waals surface area contributed by atoms with Gasteiger partial charge in [0.25, 0.3) is 0 Å². The summed E-state index contributed by atoms with van der Waals surface area (Å²) in [5.74, 6) is 0.990. The summed E-state index contributed by atoms with van der Waals surface area (Å²) < 4.78 is 5.80. The Morgan fingerprint density at radius 1 is 0.950 bits per heavy atom. The van der Waals surface area contributed by atoms with Crippen molar-refractivity contribution in [3.8, 4) is 0 Å². The minimum atomic E-state index is 0.785. The van der Waals surface area contributed by atoms with Gasteiger partial charge in [0.15, 0.2) is 0 Å². The predicted octanol–water partition coefficient (Wildman–Crippen LogP) is 4.97. The van der Waals surface area contributed by atoms with Crippen LogP contribution in [0.3, 0.4) is 0 Å². The molecule has 0 bridgehead atoms. The Kier molecular flexibility index (Phi) is 3.23. The molecule has 0 aliphatic rings. The Hall–Kier alpha value is -2.22. The molecule has 0 aliphatic heterocycles. The lowest BCUT2D eigenvalue weighted by Crippen LogP contribution is -2.02. The highest BCUT2D eigenvalue weighted by atomic mass is 16.3. The molecule has 0 spiro atoms. The Balaban J connectivity index is 1.90. The highest BCUT2D eigenvalue weighted by Gasteiger charge is 2.10. The van der Waals surface area contributed by atoms with E-state index in [1.54, 1.807) is 0 Å². The summed E-state index contributed by atoms with van der Waals surface area (Å²) in [6.07, 6.45) is 0. The fourth-order valence-corrected chi connectivity index (χ4v) is 2.57. The third-order valence-electron chi connectivity index (χ3n) is 3.96. The summed E-state index contributed by atoms with van der Waals surface area (Å²) in [6.45, 7) is 7.10. The van der Waals surface area contributed by atoms with Gasteiger partial charge < -0.3 is 9.73 Å². The minimum Gasteiger partial charge on any atom is -0.461 e. The number of anilines is 1. The largest absolute Gasteiger partial charge is 0.461 e. The van der Waals surface area contributed by atoms with E-state index in [1.165, 1.54) is 27.8 Å². The van der Waals surface area contributed by atoms with Crippen molar-refractivity contribution in [3.63, 3.8) is 0 Å². The molecule has 3 rings (SSSR count). The Morgan fingerprint density at radius 3 is 2.60 bits per heavy atom. The van der Waals surface area contributed by atoms with E-state index in [4.69, 9.17) is 4.42 Å². The standard InChI is InChI=1S/C18H19NO/c1-12-7-6-9-17(13(12)2)19-11-16-14(3)20-18-10-5-4-8-15(16)18/h4-10,19H,11H2,1-3H3. The van der Waals surface area contributed by atoms with Crippen molar-refractivity contribution >= 4 is 16.7 Å². The first kappa shape index (κ1) is 12.8. The molecule has 20 heavy (non-hydrogen) atoms. The second-order valence-electron chi connectivity index (χ2n) is 5.23. The predicted molar refractivity (Wildman–Crippen MR) is 84.2 cm³/mol. The van der Waals surface area contributed by atoms with Crippen LogP contribution in [0.5, 0.6) is 0 Å². The van der Waals surface area contributed by atoms with Crippen LogP contribution in [-0.4, -0.2) is 0 Å². The van der Waals surface area contributed by atoms with E-state index in [-0.39, 0.29) is 0 Å². The summed E-state index contributed by atoms with van der Waals surface area (Å²) in [7, 11) is 0. The number of hydrogen-bond acceptors (Lipinski definition) is 2. The van der Waals surface area contributed by atoms with Crippen LogP contribution in [0.1, 0.15) is 22.5 Å². The first-order chi connectivity index (χ1) is 9.66. The number of para-hydroxylation sites is 1. The van der Waals surface area contributed by atoms with Gasteiger partial charge in [0.05, 0.1) is 0 Å². The lowest BCUT2D eigenvalue weighted by atomic mass is 10.1. The fraction of sp³-hybridized carbons (Fsp3) is 0.222. The van der Waals surface area contributed by atoms with E-state index in [0.29, 0.717) is 0 Å². The quantitative estimate of drug-likeness (QED) is 0.723. The van der Waals surface area contributed by atoms with Gasteiger partial charge in [-0.15, -0.1) is 0 Å². The van der Waals surface area contributed by atoms with Crippen molar-refractivity contribution in [3.05, 3.63) is 64.9 Å². The molecule has 1 N–H and O–H groups in total. The van der Waals surface area contributed by atoms with Crippen molar-refractivity contribution in [1.82, 2.24) is 0 Å².